The van der Waals surface area contributed by atoms with E-state index in [2.05, 4.69) is 24.8 Å². The zero-order valence-electron chi connectivity index (χ0n) is 12.5. The molecule has 0 aromatic carbocycles. The van der Waals surface area contributed by atoms with Crippen LogP contribution in [0.1, 0.15) is 58.8 Å². The summed E-state index contributed by atoms with van der Waals surface area (Å²) in [5, 5.41) is 0. The van der Waals surface area contributed by atoms with Gasteiger partial charge in [-0.2, -0.15) is 0 Å². The van der Waals surface area contributed by atoms with E-state index in [0.29, 0.717) is 11.8 Å². The van der Waals surface area contributed by atoms with Crippen LogP contribution in [0.5, 0.6) is 0 Å². The molecule has 1 saturated carbocycles. The summed E-state index contributed by atoms with van der Waals surface area (Å²) in [4.78, 5) is 15.1. The van der Waals surface area contributed by atoms with Gasteiger partial charge in [0.15, 0.2) is 0 Å². The maximum absolute atomic E-state index is 12.9. The van der Waals surface area contributed by atoms with E-state index in [1.54, 1.807) is 5.57 Å². The summed E-state index contributed by atoms with van der Waals surface area (Å²) in [5.74, 6) is 2.00. The molecule has 3 aliphatic carbocycles. The molecule has 4 aliphatic rings. The van der Waals surface area contributed by atoms with E-state index in [4.69, 9.17) is 0 Å². The molecule has 1 aliphatic heterocycles. The summed E-state index contributed by atoms with van der Waals surface area (Å²) in [6.07, 6.45) is 10.9. The number of hydrogen-bond acceptors (Lipinski definition) is 1. The number of rotatable bonds is 1. The van der Waals surface area contributed by atoms with Crippen LogP contribution in [0.4, 0.5) is 0 Å². The van der Waals surface area contributed by atoms with Gasteiger partial charge in [-0.1, -0.05) is 18.6 Å². The number of carbonyl (C=O) groups excluding carboxylic acids is 1. The first-order valence-electron chi connectivity index (χ1n) is 8.07. The van der Waals surface area contributed by atoms with Crippen molar-refractivity contribution in [3.63, 3.8) is 0 Å². The van der Waals surface area contributed by atoms with E-state index in [1.165, 1.54) is 38.5 Å². The molecular formula is C17H27NO. The summed E-state index contributed by atoms with van der Waals surface area (Å²) in [7, 11) is 0. The number of likely N-dealkylation sites (tertiary alicyclic amines) is 1. The molecule has 1 saturated heterocycles. The average Bonchev–Trinajstić information content (AvgIpc) is 2.34. The van der Waals surface area contributed by atoms with Crippen molar-refractivity contribution in [1.29, 1.82) is 0 Å². The third-order valence-electron chi connectivity index (χ3n) is 5.26. The van der Waals surface area contributed by atoms with E-state index >= 15 is 0 Å². The van der Waals surface area contributed by atoms with Crippen molar-refractivity contribution >= 4 is 5.91 Å². The Labute approximate surface area is 117 Å². The smallest absolute Gasteiger partial charge is 0.232 e. The van der Waals surface area contributed by atoms with E-state index in [9.17, 15) is 4.79 Å². The first kappa shape index (κ1) is 13.2. The second-order valence-electron chi connectivity index (χ2n) is 7.39. The number of piperidine rings is 1. The Hall–Kier alpha value is -0.790. The molecule has 0 aromatic rings. The van der Waals surface area contributed by atoms with Crippen LogP contribution in [0.25, 0.3) is 0 Å². The lowest BCUT2D eigenvalue weighted by Crippen LogP contribution is -2.46. The molecule has 2 unspecified atom stereocenters. The van der Waals surface area contributed by atoms with Crippen molar-refractivity contribution in [2.24, 2.45) is 17.3 Å². The standard InChI is InChI=1S/C17H27NO/c1-13-8-14-9-15(10-14)12-17(2,11-13)16(19)18-6-4-3-5-7-18/h12-14H,3-11H2,1-2H3. The minimum atomic E-state index is -0.225. The van der Waals surface area contributed by atoms with Gasteiger partial charge in [0.05, 0.1) is 5.41 Å². The van der Waals surface area contributed by atoms with Gasteiger partial charge in [0, 0.05) is 13.1 Å². The van der Waals surface area contributed by atoms with Crippen LogP contribution in [0.3, 0.4) is 0 Å². The predicted molar refractivity (Wildman–Crippen MR) is 77.7 cm³/mol. The van der Waals surface area contributed by atoms with Gasteiger partial charge in [-0.15, -0.1) is 0 Å². The second kappa shape index (κ2) is 4.96. The van der Waals surface area contributed by atoms with Crippen molar-refractivity contribution in [2.75, 3.05) is 13.1 Å². The molecule has 1 heterocycles. The molecule has 2 atom stereocenters. The molecule has 0 radical (unpaired) electrons. The SMILES string of the molecule is CC1CC2CC(=CC(C)(C(=O)N3CCCCC3)C1)C2. The molecule has 0 spiro atoms. The fraction of sp³-hybridized carbons (Fsp3) is 0.824. The van der Waals surface area contributed by atoms with E-state index < -0.39 is 0 Å². The lowest BCUT2D eigenvalue weighted by Gasteiger charge is -2.42. The zero-order chi connectivity index (χ0) is 13.5. The van der Waals surface area contributed by atoms with Gasteiger partial charge < -0.3 is 4.90 Å². The van der Waals surface area contributed by atoms with E-state index in [1.807, 2.05) is 0 Å². The predicted octanol–water partition coefficient (Wildman–Crippen LogP) is 3.77. The van der Waals surface area contributed by atoms with Crippen LogP contribution >= 0.6 is 0 Å². The Balaban J connectivity index is 1.80. The maximum atomic E-state index is 12.9. The zero-order valence-corrected chi connectivity index (χ0v) is 12.5. The van der Waals surface area contributed by atoms with Crippen LogP contribution in [0.15, 0.2) is 11.6 Å². The second-order valence-corrected chi connectivity index (χ2v) is 7.39. The third kappa shape index (κ3) is 2.59. The highest BCUT2D eigenvalue weighted by Crippen LogP contribution is 2.46. The first-order chi connectivity index (χ1) is 9.07. The number of amides is 1. The van der Waals surface area contributed by atoms with Crippen LogP contribution in [-0.2, 0) is 4.79 Å². The van der Waals surface area contributed by atoms with Crippen molar-refractivity contribution in [3.8, 4) is 0 Å². The van der Waals surface area contributed by atoms with Crippen LogP contribution in [0, 0.1) is 17.3 Å². The summed E-state index contributed by atoms with van der Waals surface area (Å²) in [5.41, 5.74) is 1.32. The molecule has 2 bridgehead atoms. The molecule has 1 amide bonds. The van der Waals surface area contributed by atoms with E-state index in [0.717, 1.165) is 25.4 Å². The molecule has 19 heavy (non-hydrogen) atoms. The third-order valence-corrected chi connectivity index (χ3v) is 5.26. The first-order valence-corrected chi connectivity index (χ1v) is 8.07. The monoisotopic (exact) mass is 261 g/mol. The number of nitrogens with zero attached hydrogens (tertiary/aromatic N) is 1. The molecular weight excluding hydrogens is 234 g/mol. The highest BCUT2D eigenvalue weighted by molar-refractivity contribution is 5.84. The Kier molecular flexibility index (Phi) is 3.44. The molecule has 0 N–H and O–H groups in total. The highest BCUT2D eigenvalue weighted by atomic mass is 16.2. The Morgan fingerprint density at radius 1 is 1.26 bits per heavy atom. The lowest BCUT2D eigenvalue weighted by atomic mass is 9.65. The summed E-state index contributed by atoms with van der Waals surface area (Å²) in [6.45, 7) is 6.48. The summed E-state index contributed by atoms with van der Waals surface area (Å²) < 4.78 is 0. The van der Waals surface area contributed by atoms with Gasteiger partial charge in [0.25, 0.3) is 0 Å². The van der Waals surface area contributed by atoms with Crippen LogP contribution in [0.2, 0.25) is 0 Å². The molecule has 4 rings (SSSR count). The minimum Gasteiger partial charge on any atom is -0.342 e. The molecule has 2 heteroatoms. The van der Waals surface area contributed by atoms with Crippen molar-refractivity contribution in [2.45, 2.75) is 58.8 Å². The largest absolute Gasteiger partial charge is 0.342 e. The minimum absolute atomic E-state index is 0.225. The molecule has 2 nitrogen and oxygen atoms in total. The number of fused-ring (bicyclic) bond motifs is 4. The van der Waals surface area contributed by atoms with Crippen molar-refractivity contribution < 1.29 is 4.79 Å². The Morgan fingerprint density at radius 2 is 1.95 bits per heavy atom. The molecule has 2 fully saturated rings. The lowest BCUT2D eigenvalue weighted by molar-refractivity contribution is -0.140. The Bertz CT molecular complexity index is 386. The molecule has 106 valence electrons. The number of carbonyl (C=O) groups is 1. The van der Waals surface area contributed by atoms with Crippen LogP contribution < -0.4 is 0 Å². The summed E-state index contributed by atoms with van der Waals surface area (Å²) >= 11 is 0. The number of hydrogen-bond donors (Lipinski definition) is 0. The van der Waals surface area contributed by atoms with Crippen molar-refractivity contribution in [1.82, 2.24) is 4.90 Å². The van der Waals surface area contributed by atoms with Crippen molar-refractivity contribution in [3.05, 3.63) is 11.6 Å². The van der Waals surface area contributed by atoms with Crippen LogP contribution in [-0.4, -0.2) is 23.9 Å². The summed E-state index contributed by atoms with van der Waals surface area (Å²) in [6, 6.07) is 0. The van der Waals surface area contributed by atoms with Gasteiger partial charge in [-0.25, -0.2) is 0 Å². The fourth-order valence-corrected chi connectivity index (χ4v) is 4.46. The normalized spacial score (nSPS) is 38.8. The van der Waals surface area contributed by atoms with E-state index in [-0.39, 0.29) is 5.41 Å². The highest BCUT2D eigenvalue weighted by Gasteiger charge is 2.41. The average molecular weight is 261 g/mol. The Morgan fingerprint density at radius 3 is 2.63 bits per heavy atom. The van der Waals surface area contributed by atoms with Gasteiger partial charge in [0.2, 0.25) is 5.91 Å². The fourth-order valence-electron chi connectivity index (χ4n) is 4.46. The van der Waals surface area contributed by atoms with Gasteiger partial charge >= 0.3 is 0 Å². The quantitative estimate of drug-likeness (QED) is 0.658. The topological polar surface area (TPSA) is 20.3 Å². The number of allylic oxidation sites excluding steroid dienone is 1. The maximum Gasteiger partial charge on any atom is 0.232 e. The molecule has 0 aromatic heterocycles. The van der Waals surface area contributed by atoms with Gasteiger partial charge in [-0.05, 0) is 63.7 Å². The van der Waals surface area contributed by atoms with Gasteiger partial charge in [-0.3, -0.25) is 4.79 Å². The van der Waals surface area contributed by atoms with Gasteiger partial charge in [0.1, 0.15) is 0 Å².